The fourth-order valence-electron chi connectivity index (χ4n) is 3.70. The fourth-order valence-corrected chi connectivity index (χ4v) is 3.70. The number of aliphatic imine (C=N–C) groups is 1. The van der Waals surface area contributed by atoms with Crippen LogP contribution in [0.3, 0.4) is 0 Å². The van der Waals surface area contributed by atoms with Gasteiger partial charge >= 0.3 is 0 Å². The molecular formula is C24H28N6O2. The van der Waals surface area contributed by atoms with Gasteiger partial charge in [-0.1, -0.05) is 42.5 Å². The first-order chi connectivity index (χ1) is 15.6. The number of rotatable bonds is 6. The Morgan fingerprint density at radius 1 is 1.12 bits per heavy atom. The molecule has 1 fully saturated rings. The number of ether oxygens (including phenoxy) is 1. The third-order valence-electron chi connectivity index (χ3n) is 5.33. The summed E-state index contributed by atoms with van der Waals surface area (Å²) >= 11 is 0. The van der Waals surface area contributed by atoms with Crippen LogP contribution in [-0.2, 0) is 25.0 Å². The van der Waals surface area contributed by atoms with E-state index < -0.39 is 0 Å². The minimum Gasteiger partial charge on any atom is -0.489 e. The molecule has 1 aliphatic rings. The summed E-state index contributed by atoms with van der Waals surface area (Å²) in [7, 11) is 3.59. The maximum atomic E-state index is 12.7. The van der Waals surface area contributed by atoms with Gasteiger partial charge in [-0.15, -0.1) is 0 Å². The number of para-hydroxylation sites is 1. The number of carbonyl (C=O) groups is 1. The zero-order chi connectivity index (χ0) is 22.3. The van der Waals surface area contributed by atoms with Crippen LogP contribution in [0.2, 0.25) is 0 Å². The molecule has 32 heavy (non-hydrogen) atoms. The lowest BCUT2D eigenvalue weighted by Crippen LogP contribution is -2.55. The number of guanidine groups is 1. The Kier molecular flexibility index (Phi) is 6.69. The molecule has 8 nitrogen and oxygen atoms in total. The zero-order valence-electron chi connectivity index (χ0n) is 18.4. The quantitative estimate of drug-likeness (QED) is 0.478. The van der Waals surface area contributed by atoms with E-state index in [1.165, 1.54) is 0 Å². The second-order valence-corrected chi connectivity index (χ2v) is 7.66. The molecular weight excluding hydrogens is 404 g/mol. The van der Waals surface area contributed by atoms with Gasteiger partial charge in [0.15, 0.2) is 5.96 Å². The van der Waals surface area contributed by atoms with E-state index in [9.17, 15) is 4.79 Å². The van der Waals surface area contributed by atoms with E-state index in [0.717, 1.165) is 28.5 Å². The van der Waals surface area contributed by atoms with Crippen LogP contribution in [0.5, 0.6) is 5.75 Å². The van der Waals surface area contributed by atoms with Crippen molar-refractivity contribution in [3.8, 4) is 5.75 Å². The molecule has 3 aromatic rings. The van der Waals surface area contributed by atoms with Crippen LogP contribution in [0.1, 0.15) is 11.1 Å². The van der Waals surface area contributed by atoms with Crippen LogP contribution < -0.4 is 15.0 Å². The summed E-state index contributed by atoms with van der Waals surface area (Å²) in [5.74, 6) is 1.61. The van der Waals surface area contributed by atoms with Crippen LogP contribution in [-0.4, -0.2) is 53.2 Å². The molecule has 8 heteroatoms. The summed E-state index contributed by atoms with van der Waals surface area (Å²) in [4.78, 5) is 20.8. The third-order valence-corrected chi connectivity index (χ3v) is 5.33. The molecule has 166 valence electrons. The first-order valence-electron chi connectivity index (χ1n) is 10.6. The number of aryl methyl sites for hydroxylation is 1. The van der Waals surface area contributed by atoms with Gasteiger partial charge in [-0.25, -0.2) is 0 Å². The molecule has 0 spiro atoms. The first kappa shape index (κ1) is 21.4. The standard InChI is InChI=1S/C24H28N6O2/c1-25-24(29-11-12-30(23(31)17-29)21-15-27-28(2)16-21)26-14-19-7-6-8-20(13-19)18-32-22-9-4-3-5-10-22/h3-10,13,15-16H,11-12,14,17-18H2,1-2H3,(H,25,26). The molecule has 1 amide bonds. The second-order valence-electron chi connectivity index (χ2n) is 7.66. The Balaban J connectivity index is 1.31. The van der Waals surface area contributed by atoms with Gasteiger partial charge in [-0.2, -0.15) is 5.10 Å². The number of nitrogens with one attached hydrogen (secondary N) is 1. The highest BCUT2D eigenvalue weighted by molar-refractivity contribution is 5.98. The number of piperazine rings is 1. The number of hydrogen-bond donors (Lipinski definition) is 1. The average Bonchev–Trinajstić information content (AvgIpc) is 3.25. The fraction of sp³-hybridized carbons (Fsp3) is 0.292. The summed E-state index contributed by atoms with van der Waals surface area (Å²) < 4.78 is 7.55. The molecule has 1 aliphatic heterocycles. The monoisotopic (exact) mass is 432 g/mol. The van der Waals surface area contributed by atoms with Crippen molar-refractivity contribution in [3.63, 3.8) is 0 Å². The molecule has 0 aliphatic carbocycles. The van der Waals surface area contributed by atoms with Crippen LogP contribution in [0.15, 0.2) is 72.0 Å². The van der Waals surface area contributed by atoms with E-state index in [0.29, 0.717) is 26.2 Å². The van der Waals surface area contributed by atoms with Crippen molar-refractivity contribution in [1.82, 2.24) is 20.0 Å². The lowest BCUT2D eigenvalue weighted by Gasteiger charge is -2.35. The summed E-state index contributed by atoms with van der Waals surface area (Å²) in [6, 6.07) is 18.1. The highest BCUT2D eigenvalue weighted by atomic mass is 16.5. The highest BCUT2D eigenvalue weighted by Gasteiger charge is 2.27. The molecule has 0 bridgehead atoms. The summed E-state index contributed by atoms with van der Waals surface area (Å²) in [5.41, 5.74) is 3.05. The largest absolute Gasteiger partial charge is 0.489 e. The van der Waals surface area contributed by atoms with Gasteiger partial charge in [0.25, 0.3) is 0 Å². The minimum atomic E-state index is 0.0345. The molecule has 1 saturated heterocycles. The summed E-state index contributed by atoms with van der Waals surface area (Å²) in [6.07, 6.45) is 3.57. The molecule has 0 atom stereocenters. The predicted octanol–water partition coefficient (Wildman–Crippen LogP) is 2.42. The molecule has 4 rings (SSSR count). The number of aromatic nitrogens is 2. The van der Waals surface area contributed by atoms with Crippen LogP contribution in [0.25, 0.3) is 0 Å². The van der Waals surface area contributed by atoms with Crippen LogP contribution in [0.4, 0.5) is 5.69 Å². The molecule has 0 unspecified atom stereocenters. The van der Waals surface area contributed by atoms with Gasteiger partial charge in [-0.05, 0) is 23.3 Å². The Morgan fingerprint density at radius 3 is 2.66 bits per heavy atom. The topological polar surface area (TPSA) is 75.0 Å². The van der Waals surface area contributed by atoms with E-state index >= 15 is 0 Å². The van der Waals surface area contributed by atoms with E-state index in [1.54, 1.807) is 22.8 Å². The van der Waals surface area contributed by atoms with Crippen molar-refractivity contribution in [1.29, 1.82) is 0 Å². The number of hydrogen-bond acceptors (Lipinski definition) is 4. The smallest absolute Gasteiger partial charge is 0.246 e. The highest BCUT2D eigenvalue weighted by Crippen LogP contribution is 2.16. The number of benzene rings is 2. The molecule has 0 saturated carbocycles. The molecule has 1 N–H and O–H groups in total. The number of amides is 1. The van der Waals surface area contributed by atoms with Crippen molar-refractivity contribution in [2.75, 3.05) is 31.6 Å². The summed E-state index contributed by atoms with van der Waals surface area (Å²) in [6.45, 7) is 2.70. The second kappa shape index (κ2) is 10.00. The molecule has 0 radical (unpaired) electrons. The zero-order valence-corrected chi connectivity index (χ0v) is 18.4. The van der Waals surface area contributed by atoms with Gasteiger partial charge in [-0.3, -0.25) is 14.5 Å². The van der Waals surface area contributed by atoms with Gasteiger partial charge < -0.3 is 19.9 Å². The Bertz CT molecular complexity index is 1080. The number of anilines is 1. The van der Waals surface area contributed by atoms with Crippen molar-refractivity contribution < 1.29 is 9.53 Å². The van der Waals surface area contributed by atoms with Gasteiger partial charge in [0, 0.05) is 39.9 Å². The Morgan fingerprint density at radius 2 is 1.94 bits per heavy atom. The lowest BCUT2D eigenvalue weighted by molar-refractivity contribution is -0.120. The minimum absolute atomic E-state index is 0.0345. The van der Waals surface area contributed by atoms with E-state index in [2.05, 4.69) is 33.6 Å². The molecule has 2 aromatic carbocycles. The van der Waals surface area contributed by atoms with Gasteiger partial charge in [0.05, 0.1) is 11.9 Å². The van der Waals surface area contributed by atoms with Crippen molar-refractivity contribution in [2.45, 2.75) is 13.2 Å². The van der Waals surface area contributed by atoms with Crippen LogP contribution >= 0.6 is 0 Å². The van der Waals surface area contributed by atoms with E-state index in [-0.39, 0.29) is 12.5 Å². The van der Waals surface area contributed by atoms with Crippen LogP contribution in [0, 0.1) is 0 Å². The van der Waals surface area contributed by atoms with E-state index in [1.807, 2.05) is 54.5 Å². The average molecular weight is 433 g/mol. The SMILES string of the molecule is CN=C(NCc1cccc(COc2ccccc2)c1)N1CCN(c2cnn(C)c2)C(=O)C1. The first-order valence-corrected chi connectivity index (χ1v) is 10.6. The number of nitrogens with zero attached hydrogens (tertiary/aromatic N) is 5. The predicted molar refractivity (Wildman–Crippen MR) is 125 cm³/mol. The van der Waals surface area contributed by atoms with E-state index in [4.69, 9.17) is 4.74 Å². The van der Waals surface area contributed by atoms with Crippen molar-refractivity contribution in [2.24, 2.45) is 12.0 Å². The van der Waals surface area contributed by atoms with Gasteiger partial charge in [0.2, 0.25) is 5.91 Å². The van der Waals surface area contributed by atoms with Gasteiger partial charge in [0.1, 0.15) is 18.9 Å². The normalized spacial score (nSPS) is 14.6. The third kappa shape index (κ3) is 5.26. The lowest BCUT2D eigenvalue weighted by atomic mass is 10.1. The molecule has 1 aromatic heterocycles. The number of carbonyl (C=O) groups excluding carboxylic acids is 1. The molecule has 2 heterocycles. The maximum absolute atomic E-state index is 12.7. The summed E-state index contributed by atoms with van der Waals surface area (Å²) in [5, 5.41) is 7.54. The maximum Gasteiger partial charge on any atom is 0.246 e. The van der Waals surface area contributed by atoms with Crippen molar-refractivity contribution in [3.05, 3.63) is 78.1 Å². The Labute approximate surface area is 188 Å². The van der Waals surface area contributed by atoms with Crippen molar-refractivity contribution >= 4 is 17.6 Å². The Hall–Kier alpha value is -3.81.